The third-order valence-corrected chi connectivity index (χ3v) is 4.83. The van der Waals surface area contributed by atoms with Crippen LogP contribution in [0, 0.1) is 6.92 Å². The Morgan fingerprint density at radius 2 is 1.65 bits per heavy atom. The summed E-state index contributed by atoms with van der Waals surface area (Å²) in [4.78, 5) is 18.3. The average molecular weight is 359 g/mol. The molecule has 26 heavy (non-hydrogen) atoms. The molecule has 0 saturated heterocycles. The van der Waals surface area contributed by atoms with Crippen LogP contribution < -0.4 is 5.32 Å². The van der Waals surface area contributed by atoms with E-state index in [9.17, 15) is 0 Å². The van der Waals surface area contributed by atoms with Gasteiger partial charge < -0.3 is 5.32 Å². The van der Waals surface area contributed by atoms with Crippen LogP contribution >= 0.6 is 11.3 Å². The Kier molecular flexibility index (Phi) is 4.66. The van der Waals surface area contributed by atoms with Crippen molar-refractivity contribution in [3.63, 3.8) is 0 Å². The lowest BCUT2D eigenvalue weighted by atomic mass is 10.1. The van der Waals surface area contributed by atoms with Gasteiger partial charge in [0.05, 0.1) is 15.6 Å². The van der Waals surface area contributed by atoms with Crippen LogP contribution in [0.4, 0.5) is 11.6 Å². The molecule has 0 aliphatic heterocycles. The average Bonchev–Trinajstić information content (AvgIpc) is 3.11. The molecule has 0 amide bonds. The van der Waals surface area contributed by atoms with Gasteiger partial charge in [0, 0.05) is 30.5 Å². The Bertz CT molecular complexity index is 996. The zero-order valence-electron chi connectivity index (χ0n) is 14.3. The fourth-order valence-electron chi connectivity index (χ4n) is 2.61. The summed E-state index contributed by atoms with van der Waals surface area (Å²) in [6.45, 7) is 1.99. The number of rotatable bonds is 5. The number of hydrogen-bond donors (Lipinski definition) is 1. The van der Waals surface area contributed by atoms with Crippen molar-refractivity contribution in [3.05, 3.63) is 83.4 Å². The smallest absolute Gasteiger partial charge is 0.227 e. The van der Waals surface area contributed by atoms with Gasteiger partial charge in [0.15, 0.2) is 0 Å². The van der Waals surface area contributed by atoms with Gasteiger partial charge in [-0.15, -0.1) is 11.3 Å². The van der Waals surface area contributed by atoms with Crippen molar-refractivity contribution < 1.29 is 0 Å². The van der Waals surface area contributed by atoms with E-state index in [0.717, 1.165) is 27.7 Å². The maximum absolute atomic E-state index is 4.58. The molecule has 4 rings (SSSR count). The summed E-state index contributed by atoms with van der Waals surface area (Å²) in [5.41, 5.74) is 4.33. The highest BCUT2D eigenvalue weighted by molar-refractivity contribution is 7.15. The molecule has 0 aliphatic carbocycles. The number of aryl methyl sites for hydroxylation is 1. The molecule has 1 N–H and O–H groups in total. The lowest BCUT2D eigenvalue weighted by Gasteiger charge is -2.07. The number of nitrogens with zero attached hydrogens (tertiary/aromatic N) is 4. The van der Waals surface area contributed by atoms with E-state index in [-0.39, 0.29) is 0 Å². The molecule has 1 aromatic carbocycles. The Balaban J connectivity index is 1.47. The van der Waals surface area contributed by atoms with Gasteiger partial charge in [-0.1, -0.05) is 12.1 Å². The SMILES string of the molecule is Cc1ncc(-c2ccnc(Nc3ccc(Cc4ccncc4)cc3)n2)s1. The highest BCUT2D eigenvalue weighted by atomic mass is 32.1. The van der Waals surface area contributed by atoms with Gasteiger partial charge in [0.2, 0.25) is 5.95 Å². The van der Waals surface area contributed by atoms with Crippen LogP contribution in [0.15, 0.2) is 67.3 Å². The topological polar surface area (TPSA) is 63.6 Å². The van der Waals surface area contributed by atoms with Gasteiger partial charge in [-0.3, -0.25) is 4.98 Å². The number of anilines is 2. The molecule has 0 radical (unpaired) electrons. The predicted molar refractivity (Wildman–Crippen MR) is 105 cm³/mol. The van der Waals surface area contributed by atoms with Crippen LogP contribution in [0.25, 0.3) is 10.6 Å². The first kappa shape index (κ1) is 16.4. The van der Waals surface area contributed by atoms with E-state index in [2.05, 4.69) is 37.4 Å². The minimum absolute atomic E-state index is 0.579. The maximum Gasteiger partial charge on any atom is 0.227 e. The molecule has 6 heteroatoms. The van der Waals surface area contributed by atoms with Crippen LogP contribution in [-0.4, -0.2) is 19.9 Å². The van der Waals surface area contributed by atoms with Crippen LogP contribution in [-0.2, 0) is 6.42 Å². The van der Waals surface area contributed by atoms with Gasteiger partial charge in [0.25, 0.3) is 0 Å². The number of pyridine rings is 1. The van der Waals surface area contributed by atoms with E-state index < -0.39 is 0 Å². The summed E-state index contributed by atoms with van der Waals surface area (Å²) in [5.74, 6) is 0.579. The zero-order chi connectivity index (χ0) is 17.8. The zero-order valence-corrected chi connectivity index (χ0v) is 15.1. The molecule has 0 bridgehead atoms. The summed E-state index contributed by atoms with van der Waals surface area (Å²) < 4.78 is 0. The summed E-state index contributed by atoms with van der Waals surface area (Å²) in [6.07, 6.45) is 8.14. The van der Waals surface area contributed by atoms with Crippen LogP contribution in [0.1, 0.15) is 16.1 Å². The third kappa shape index (κ3) is 3.92. The molecule has 3 heterocycles. The summed E-state index contributed by atoms with van der Waals surface area (Å²) in [7, 11) is 0. The lowest BCUT2D eigenvalue weighted by Crippen LogP contribution is -1.98. The van der Waals surface area contributed by atoms with Crippen molar-refractivity contribution >= 4 is 23.0 Å². The highest BCUT2D eigenvalue weighted by Gasteiger charge is 2.06. The van der Waals surface area contributed by atoms with Gasteiger partial charge in [-0.2, -0.15) is 0 Å². The van der Waals surface area contributed by atoms with Crippen molar-refractivity contribution in [2.75, 3.05) is 5.32 Å². The van der Waals surface area contributed by atoms with Crippen molar-refractivity contribution in [2.45, 2.75) is 13.3 Å². The van der Waals surface area contributed by atoms with Crippen molar-refractivity contribution in [2.24, 2.45) is 0 Å². The molecule has 4 aromatic rings. The molecule has 0 unspecified atom stereocenters. The fraction of sp³-hybridized carbons (Fsp3) is 0.100. The Labute approximate surface area is 155 Å². The third-order valence-electron chi connectivity index (χ3n) is 3.90. The normalized spacial score (nSPS) is 10.7. The molecule has 0 saturated carbocycles. The summed E-state index contributed by atoms with van der Waals surface area (Å²) in [6, 6.07) is 14.3. The van der Waals surface area contributed by atoms with Crippen molar-refractivity contribution in [1.29, 1.82) is 0 Å². The van der Waals surface area contributed by atoms with Crippen LogP contribution in [0.5, 0.6) is 0 Å². The van der Waals surface area contributed by atoms with Gasteiger partial charge >= 0.3 is 0 Å². The second-order valence-electron chi connectivity index (χ2n) is 5.86. The monoisotopic (exact) mass is 359 g/mol. The van der Waals surface area contributed by atoms with Gasteiger partial charge in [-0.05, 0) is 54.8 Å². The molecular weight excluding hydrogens is 342 g/mol. The second-order valence-corrected chi connectivity index (χ2v) is 7.10. The lowest BCUT2D eigenvalue weighted by molar-refractivity contribution is 1.15. The second kappa shape index (κ2) is 7.41. The van der Waals surface area contributed by atoms with E-state index in [4.69, 9.17) is 0 Å². The number of aromatic nitrogens is 4. The summed E-state index contributed by atoms with van der Waals surface area (Å²) >= 11 is 1.63. The standard InChI is InChI=1S/C20H17N5S/c1-14-23-13-19(26-14)18-8-11-22-20(25-18)24-17-4-2-15(3-5-17)12-16-6-9-21-10-7-16/h2-11,13H,12H2,1H3,(H,22,24,25). The van der Waals surface area contributed by atoms with Crippen LogP contribution in [0.3, 0.4) is 0 Å². The van der Waals surface area contributed by atoms with Crippen molar-refractivity contribution in [1.82, 2.24) is 19.9 Å². The molecule has 0 fully saturated rings. The first-order valence-corrected chi connectivity index (χ1v) is 9.09. The maximum atomic E-state index is 4.58. The van der Waals surface area contributed by atoms with Crippen LogP contribution in [0.2, 0.25) is 0 Å². The molecule has 3 aromatic heterocycles. The Morgan fingerprint density at radius 3 is 2.38 bits per heavy atom. The first-order chi connectivity index (χ1) is 12.8. The quantitative estimate of drug-likeness (QED) is 0.562. The first-order valence-electron chi connectivity index (χ1n) is 8.27. The van der Waals surface area contributed by atoms with Crippen molar-refractivity contribution in [3.8, 4) is 10.6 Å². The van der Waals surface area contributed by atoms with Gasteiger partial charge in [0.1, 0.15) is 0 Å². The van der Waals surface area contributed by atoms with E-state index in [1.54, 1.807) is 17.5 Å². The Morgan fingerprint density at radius 1 is 0.885 bits per heavy atom. The number of hydrogen-bond acceptors (Lipinski definition) is 6. The molecule has 0 spiro atoms. The fourth-order valence-corrected chi connectivity index (χ4v) is 3.35. The van der Waals surface area contributed by atoms with E-state index in [1.807, 2.05) is 55.8 Å². The number of nitrogens with one attached hydrogen (secondary N) is 1. The predicted octanol–water partition coefficient (Wildman–Crippen LogP) is 4.64. The minimum atomic E-state index is 0.579. The molecular formula is C20H17N5S. The number of benzene rings is 1. The molecule has 128 valence electrons. The van der Waals surface area contributed by atoms with E-state index in [0.29, 0.717) is 5.95 Å². The van der Waals surface area contributed by atoms with E-state index in [1.165, 1.54) is 11.1 Å². The number of thiazole rings is 1. The molecule has 0 aliphatic rings. The van der Waals surface area contributed by atoms with E-state index >= 15 is 0 Å². The minimum Gasteiger partial charge on any atom is -0.324 e. The molecule has 5 nitrogen and oxygen atoms in total. The highest BCUT2D eigenvalue weighted by Crippen LogP contribution is 2.25. The Hall–Kier alpha value is -3.12. The molecule has 0 atom stereocenters. The largest absolute Gasteiger partial charge is 0.324 e. The van der Waals surface area contributed by atoms with Gasteiger partial charge in [-0.25, -0.2) is 15.0 Å². The summed E-state index contributed by atoms with van der Waals surface area (Å²) in [5, 5.41) is 4.29.